The van der Waals surface area contributed by atoms with Gasteiger partial charge in [-0.15, -0.1) is 0 Å². The summed E-state index contributed by atoms with van der Waals surface area (Å²) in [7, 11) is 5.19. The summed E-state index contributed by atoms with van der Waals surface area (Å²) in [6.07, 6.45) is 7.02. The van der Waals surface area contributed by atoms with Gasteiger partial charge >= 0.3 is 0 Å². The number of aliphatic hydroxyl groups is 1. The Bertz CT molecular complexity index is 2120. The van der Waals surface area contributed by atoms with Gasteiger partial charge in [0.15, 0.2) is 5.82 Å². The van der Waals surface area contributed by atoms with E-state index in [-0.39, 0.29) is 16.8 Å². The van der Waals surface area contributed by atoms with Gasteiger partial charge in [0, 0.05) is 63.8 Å². The maximum atomic E-state index is 15.3. The van der Waals surface area contributed by atoms with Crippen LogP contribution in [0.1, 0.15) is 29.9 Å². The maximum Gasteiger partial charge on any atom is 0.293 e. The molecule has 49 heavy (non-hydrogen) atoms. The largest absolute Gasteiger partial charge is 0.392 e. The van der Waals surface area contributed by atoms with Crippen molar-refractivity contribution in [2.24, 2.45) is 7.05 Å². The molecule has 4 heterocycles. The minimum Gasteiger partial charge on any atom is -0.392 e. The lowest BCUT2D eigenvalue weighted by Gasteiger charge is -2.37. The average Bonchev–Trinajstić information content (AvgIpc) is 3.96. The van der Waals surface area contributed by atoms with Crippen molar-refractivity contribution in [2.45, 2.75) is 25.4 Å². The Labute approximate surface area is 282 Å². The van der Waals surface area contributed by atoms with Crippen LogP contribution in [0.5, 0.6) is 0 Å². The van der Waals surface area contributed by atoms with E-state index in [0.717, 1.165) is 56.9 Å². The number of anilines is 3. The van der Waals surface area contributed by atoms with Crippen molar-refractivity contribution in [1.29, 1.82) is 0 Å². The lowest BCUT2D eigenvalue weighted by Crippen LogP contribution is -2.49. The molecule has 0 amide bonds. The van der Waals surface area contributed by atoms with E-state index in [9.17, 15) is 14.7 Å². The molecule has 0 bridgehead atoms. The minimum absolute atomic E-state index is 0.00333. The highest BCUT2D eigenvalue weighted by molar-refractivity contribution is 5.83. The Morgan fingerprint density at radius 3 is 2.55 bits per heavy atom. The summed E-state index contributed by atoms with van der Waals surface area (Å²) in [6, 6.07) is 14.1. The summed E-state index contributed by atoms with van der Waals surface area (Å²) in [4.78, 5) is 45.8. The number of nitrogens with one attached hydrogen (secondary N) is 1. The zero-order valence-electron chi connectivity index (χ0n) is 27.8. The fraction of sp³-hybridized carbons (Fsp3) is 0.333. The molecule has 2 aromatic carbocycles. The van der Waals surface area contributed by atoms with Crippen molar-refractivity contribution >= 4 is 28.1 Å². The van der Waals surface area contributed by atoms with E-state index in [0.29, 0.717) is 39.6 Å². The quantitative estimate of drug-likeness (QED) is 0.212. The van der Waals surface area contributed by atoms with E-state index < -0.39 is 18.0 Å². The number of halogens is 1. The number of benzene rings is 2. The Hall–Kier alpha value is -4.95. The number of fused-ring (bicyclic) bond motifs is 1. The summed E-state index contributed by atoms with van der Waals surface area (Å²) in [5.41, 5.74) is 2.75. The molecule has 2 N–H and O–H groups in total. The molecule has 0 spiro atoms. The average molecular weight is 667 g/mol. The van der Waals surface area contributed by atoms with E-state index in [2.05, 4.69) is 25.1 Å². The molecule has 12 nitrogen and oxygen atoms in total. The van der Waals surface area contributed by atoms with Crippen LogP contribution >= 0.6 is 0 Å². The summed E-state index contributed by atoms with van der Waals surface area (Å²) in [5, 5.41) is 16.0. The lowest BCUT2D eigenvalue weighted by atomic mass is 10.0. The fourth-order valence-electron chi connectivity index (χ4n) is 6.47. The monoisotopic (exact) mass is 666 g/mol. The molecule has 1 saturated heterocycles. The molecular formula is C36H39FN8O4. The number of pyridine rings is 2. The first-order valence-corrected chi connectivity index (χ1v) is 16.4. The SMILES string of the molecule is CON(C)CN1CCN(c2ccc(Nc3nc(-c4cccc(-n5ccc6cc(C7CC7)cc(F)c6c5=O)c4CO)cn(C)c3=O)nc2)CC1. The van der Waals surface area contributed by atoms with Gasteiger partial charge in [-0.1, -0.05) is 18.2 Å². The van der Waals surface area contributed by atoms with E-state index in [1.165, 1.54) is 15.2 Å². The van der Waals surface area contributed by atoms with Crippen molar-refractivity contribution in [3.8, 4) is 16.9 Å². The number of rotatable bonds is 10. The molecule has 2 fully saturated rings. The highest BCUT2D eigenvalue weighted by atomic mass is 19.1. The molecule has 254 valence electrons. The van der Waals surface area contributed by atoms with Crippen LogP contribution < -0.4 is 21.3 Å². The van der Waals surface area contributed by atoms with Gasteiger partial charge in [-0.25, -0.2) is 14.4 Å². The Kier molecular flexibility index (Phi) is 8.99. The minimum atomic E-state index is -0.550. The molecule has 1 aliphatic carbocycles. The Morgan fingerprint density at radius 2 is 1.86 bits per heavy atom. The molecular weight excluding hydrogens is 627 g/mol. The summed E-state index contributed by atoms with van der Waals surface area (Å²) >= 11 is 0. The highest BCUT2D eigenvalue weighted by Gasteiger charge is 2.26. The maximum absolute atomic E-state index is 15.3. The second-order valence-corrected chi connectivity index (χ2v) is 12.7. The van der Waals surface area contributed by atoms with E-state index in [1.807, 2.05) is 25.2 Å². The van der Waals surface area contributed by atoms with E-state index in [4.69, 9.17) is 4.84 Å². The van der Waals surface area contributed by atoms with Gasteiger partial charge in [0.1, 0.15) is 11.6 Å². The van der Waals surface area contributed by atoms with E-state index >= 15 is 4.39 Å². The number of aryl methyl sites for hydroxylation is 1. The summed E-state index contributed by atoms with van der Waals surface area (Å²) in [6.45, 7) is 3.80. The van der Waals surface area contributed by atoms with Gasteiger partial charge in [-0.3, -0.25) is 19.1 Å². The Morgan fingerprint density at radius 1 is 1.06 bits per heavy atom. The molecule has 2 aliphatic rings. The molecule has 1 saturated carbocycles. The molecule has 0 radical (unpaired) electrons. The number of aliphatic hydroxyl groups excluding tert-OH is 1. The number of aromatic nitrogens is 4. The second-order valence-electron chi connectivity index (χ2n) is 12.7. The zero-order valence-corrected chi connectivity index (χ0v) is 27.8. The normalized spacial score (nSPS) is 15.3. The number of hydroxylamine groups is 2. The zero-order chi connectivity index (χ0) is 34.2. The van der Waals surface area contributed by atoms with Crippen molar-refractivity contribution in [3.63, 3.8) is 0 Å². The Balaban J connectivity index is 1.15. The van der Waals surface area contributed by atoms with Crippen molar-refractivity contribution in [1.82, 2.24) is 29.1 Å². The second kappa shape index (κ2) is 13.5. The molecule has 1 aliphatic heterocycles. The third-order valence-electron chi connectivity index (χ3n) is 9.39. The third-order valence-corrected chi connectivity index (χ3v) is 9.39. The van der Waals surface area contributed by atoms with Crippen molar-refractivity contribution in [3.05, 3.63) is 105 Å². The lowest BCUT2D eigenvalue weighted by molar-refractivity contribution is -0.138. The first-order chi connectivity index (χ1) is 23.7. The molecule has 0 atom stereocenters. The van der Waals surface area contributed by atoms with Crippen LogP contribution in [0.2, 0.25) is 0 Å². The number of piperazine rings is 1. The predicted molar refractivity (Wildman–Crippen MR) is 187 cm³/mol. The number of nitrogens with zero attached hydrogens (tertiary/aromatic N) is 7. The van der Waals surface area contributed by atoms with Gasteiger partial charge in [-0.2, -0.15) is 5.06 Å². The van der Waals surface area contributed by atoms with Gasteiger partial charge in [-0.05, 0) is 60.0 Å². The van der Waals surface area contributed by atoms with Crippen LogP contribution in [0.25, 0.3) is 27.7 Å². The molecule has 13 heteroatoms. The third kappa shape index (κ3) is 6.57. The van der Waals surface area contributed by atoms with Gasteiger partial charge in [0.05, 0.1) is 49.0 Å². The standard InChI is InChI=1S/C36H39FN8O4/c1-41-20-30(39-34(36(41)48)40-32-10-9-26(19-38-32)44-15-13-43(14-16-44)22-42(2)49-3)27-5-4-6-31(28(27)21-46)45-12-11-24-17-25(23-7-8-23)18-29(37)33(24)35(45)47/h4-6,9-12,17-20,23,46H,7-8,13-16,21-22H2,1-3H3,(H,38,39,40). The van der Waals surface area contributed by atoms with Crippen LogP contribution in [-0.4, -0.2) is 81.2 Å². The fourth-order valence-corrected chi connectivity index (χ4v) is 6.47. The predicted octanol–water partition coefficient (Wildman–Crippen LogP) is 3.97. The smallest absolute Gasteiger partial charge is 0.293 e. The topological polar surface area (TPSA) is 121 Å². The first-order valence-electron chi connectivity index (χ1n) is 16.4. The molecule has 5 aromatic rings. The van der Waals surface area contributed by atoms with E-state index in [1.54, 1.807) is 62.1 Å². The van der Waals surface area contributed by atoms with Gasteiger partial charge < -0.3 is 24.7 Å². The summed E-state index contributed by atoms with van der Waals surface area (Å²) in [5.74, 6) is 0.313. The first kappa shape index (κ1) is 32.6. The number of hydrogen-bond donors (Lipinski definition) is 2. The number of hydrogen-bond acceptors (Lipinski definition) is 10. The van der Waals surface area contributed by atoms with Gasteiger partial charge in [0.25, 0.3) is 11.1 Å². The van der Waals surface area contributed by atoms with Crippen molar-refractivity contribution < 1.29 is 14.3 Å². The van der Waals surface area contributed by atoms with Crippen LogP contribution in [0.15, 0.2) is 76.7 Å². The highest BCUT2D eigenvalue weighted by Crippen LogP contribution is 2.41. The molecule has 0 unspecified atom stereocenters. The van der Waals surface area contributed by atoms with Crippen molar-refractivity contribution in [2.75, 3.05) is 57.2 Å². The van der Waals surface area contributed by atoms with Crippen LogP contribution in [-0.2, 0) is 18.5 Å². The summed E-state index contributed by atoms with van der Waals surface area (Å²) < 4.78 is 18.0. The molecule has 3 aromatic heterocycles. The van der Waals surface area contributed by atoms with Crippen LogP contribution in [0.3, 0.4) is 0 Å². The van der Waals surface area contributed by atoms with Gasteiger partial charge in [0.2, 0.25) is 0 Å². The van der Waals surface area contributed by atoms with Crippen LogP contribution in [0.4, 0.5) is 21.7 Å². The van der Waals surface area contributed by atoms with Crippen LogP contribution in [0, 0.1) is 5.82 Å². The molecule has 7 rings (SSSR count).